The third-order valence-electron chi connectivity index (χ3n) is 5.64. The Morgan fingerprint density at radius 2 is 1.49 bits per heavy atom. The van der Waals surface area contributed by atoms with Gasteiger partial charge >= 0.3 is 5.97 Å². The summed E-state index contributed by atoms with van der Waals surface area (Å²) in [4.78, 5) is 12.5. The Bertz CT molecular complexity index is 1770. The van der Waals surface area contributed by atoms with E-state index in [9.17, 15) is 22.2 Å². The zero-order chi connectivity index (χ0) is 29.1. The highest BCUT2D eigenvalue weighted by Gasteiger charge is 2.35. The molecule has 0 saturated carbocycles. The molecule has 0 fully saturated rings. The summed E-state index contributed by atoms with van der Waals surface area (Å²) >= 11 is 0. The Morgan fingerprint density at radius 1 is 0.923 bits per heavy atom. The lowest BCUT2D eigenvalue weighted by atomic mass is 9.90. The number of rotatable bonds is 6. The van der Waals surface area contributed by atoms with Crippen molar-refractivity contribution in [1.82, 2.24) is 0 Å². The van der Waals surface area contributed by atoms with E-state index >= 15 is 0 Å². The minimum absolute atomic E-state index is 0.0201. The summed E-state index contributed by atoms with van der Waals surface area (Å²) in [6, 6.07) is 19.0. The smallest absolute Gasteiger partial charge is 0.337 e. The van der Waals surface area contributed by atoms with Crippen LogP contribution >= 0.6 is 10.7 Å². The van der Waals surface area contributed by atoms with Crippen LogP contribution in [0, 0.1) is 0 Å². The number of benzene rings is 3. The molecule has 0 aliphatic rings. The van der Waals surface area contributed by atoms with Gasteiger partial charge < -0.3 is 19.1 Å². The van der Waals surface area contributed by atoms with Crippen LogP contribution in [0.15, 0.2) is 71.6 Å². The summed E-state index contributed by atoms with van der Waals surface area (Å²) < 4.78 is 73.0. The number of hydrogen-bond donors (Lipinski definition) is 1. The Morgan fingerprint density at radius 3 is 2.00 bits per heavy atom. The van der Waals surface area contributed by atoms with Crippen molar-refractivity contribution in [2.45, 2.75) is 4.90 Å². The number of carboxylic acid groups (broad SMARTS) is 1. The number of aromatic carboxylic acids is 1. The Hall–Kier alpha value is -3.78. The number of nitrogens with zero attached hydrogens (tertiary/aromatic N) is 1. The monoisotopic (exact) mass is 597 g/mol. The van der Waals surface area contributed by atoms with Gasteiger partial charge in [0.15, 0.2) is 5.75 Å². The molecule has 0 aliphatic carbocycles. The molecule has 10 nitrogen and oxygen atoms in total. The average Bonchev–Trinajstić information content (AvgIpc) is 2.86. The number of halogens is 2. The van der Waals surface area contributed by atoms with Crippen LogP contribution in [0.1, 0.15) is 10.4 Å². The lowest BCUT2D eigenvalue weighted by molar-refractivity contribution is -0.633. The highest BCUT2D eigenvalue weighted by molar-refractivity contribution is 8.13. The highest BCUT2D eigenvalue weighted by atomic mass is 35.7. The third-order valence-corrected chi connectivity index (χ3v) is 6.98. The second-order valence-corrected chi connectivity index (χ2v) is 11.2. The van der Waals surface area contributed by atoms with E-state index in [0.717, 1.165) is 5.56 Å². The summed E-state index contributed by atoms with van der Waals surface area (Å²) in [5.41, 5.74) is 2.34. The molecule has 1 N–H and O–H groups in total. The standard InChI is InChI=1S/C25H20ClNO6S.FHO3S/c1-27-17-12-8-7-11-16(17)20(25(28)29)22(23(27)15-9-5-4-6-10-15)21-18(32-2)13-14-19(24(21)33-3)34(26,30)31;1-5(2,3)4/h4-14H,1-3H3;(H,2,3,4). The Balaban J connectivity index is 0.000000771. The molecule has 3 aromatic carbocycles. The van der Waals surface area contributed by atoms with Crippen molar-refractivity contribution in [1.29, 1.82) is 0 Å². The van der Waals surface area contributed by atoms with Crippen LogP contribution in [0.4, 0.5) is 3.89 Å². The van der Waals surface area contributed by atoms with Crippen LogP contribution < -0.4 is 14.0 Å². The largest absolute Gasteiger partial charge is 0.722 e. The Kier molecular flexibility index (Phi) is 8.80. The molecule has 0 aliphatic heterocycles. The van der Waals surface area contributed by atoms with Gasteiger partial charge in [0.05, 0.1) is 36.3 Å². The molecule has 1 heterocycles. The number of pyridine rings is 1. The van der Waals surface area contributed by atoms with Gasteiger partial charge in [-0.25, -0.2) is 21.6 Å². The van der Waals surface area contributed by atoms with Gasteiger partial charge in [0.1, 0.15) is 17.7 Å². The number of aryl methyl sites for hydroxylation is 1. The molecule has 0 unspecified atom stereocenters. The maximum atomic E-state index is 12.7. The fraction of sp³-hybridized carbons (Fsp3) is 0.120. The summed E-state index contributed by atoms with van der Waals surface area (Å²) in [5, 5.41) is 10.9. The zero-order valence-electron chi connectivity index (χ0n) is 20.6. The lowest BCUT2D eigenvalue weighted by Gasteiger charge is -2.20. The first kappa shape index (κ1) is 29.8. The molecule has 1 aromatic heterocycles. The van der Waals surface area contributed by atoms with Crippen LogP contribution in [-0.4, -0.2) is 46.7 Å². The fourth-order valence-corrected chi connectivity index (χ4v) is 5.27. The molecule has 14 heteroatoms. The SMILES string of the molecule is COc1ccc(S(=O)(=O)Cl)c(OC)c1-c1c(C(=O)O)c2ccccc2[n+](C)c1-c1ccccc1.O=S(=O)([O-])F. The number of para-hydroxylation sites is 1. The van der Waals surface area contributed by atoms with E-state index in [1.165, 1.54) is 26.4 Å². The van der Waals surface area contributed by atoms with Crippen molar-refractivity contribution in [2.24, 2.45) is 7.05 Å². The number of methoxy groups -OCH3 is 2. The molecule has 0 saturated heterocycles. The number of ether oxygens (including phenoxy) is 2. The Labute approximate surface area is 228 Å². The maximum absolute atomic E-state index is 12.7. The molecule has 206 valence electrons. The summed E-state index contributed by atoms with van der Waals surface area (Å²) in [5.74, 6) is -1.06. The van der Waals surface area contributed by atoms with Crippen LogP contribution in [0.3, 0.4) is 0 Å². The zero-order valence-corrected chi connectivity index (χ0v) is 23.0. The van der Waals surface area contributed by atoms with E-state index in [1.54, 1.807) is 12.1 Å². The van der Waals surface area contributed by atoms with Crippen LogP contribution in [0.5, 0.6) is 11.5 Å². The highest BCUT2D eigenvalue weighted by Crippen LogP contribution is 2.48. The van der Waals surface area contributed by atoms with Crippen LogP contribution in [0.25, 0.3) is 33.3 Å². The summed E-state index contributed by atoms with van der Waals surface area (Å²) in [6.07, 6.45) is 0. The number of carboxylic acids is 1. The van der Waals surface area contributed by atoms with E-state index < -0.39 is 25.5 Å². The number of aromatic nitrogens is 1. The molecule has 0 atom stereocenters. The van der Waals surface area contributed by atoms with Gasteiger partial charge in [0, 0.05) is 22.3 Å². The van der Waals surface area contributed by atoms with Gasteiger partial charge in [-0.05, 0) is 30.3 Å². The fourth-order valence-electron chi connectivity index (χ4n) is 4.27. The molecular formula is C25H21ClFNO9S2. The molecule has 0 spiro atoms. The number of carbonyl (C=O) groups is 1. The molecular weight excluding hydrogens is 577 g/mol. The van der Waals surface area contributed by atoms with E-state index in [2.05, 4.69) is 0 Å². The predicted octanol–water partition coefficient (Wildman–Crippen LogP) is 4.06. The first-order chi connectivity index (χ1) is 18.2. The van der Waals surface area contributed by atoms with Crippen molar-refractivity contribution < 1.29 is 49.2 Å². The topological polar surface area (TPSA) is 151 Å². The van der Waals surface area contributed by atoms with E-state index in [1.807, 2.05) is 54.1 Å². The average molecular weight is 598 g/mol. The third kappa shape index (κ3) is 6.45. The van der Waals surface area contributed by atoms with Gasteiger partial charge in [-0.2, -0.15) is 4.57 Å². The second-order valence-electron chi connectivity index (χ2n) is 7.85. The van der Waals surface area contributed by atoms with Gasteiger partial charge in [-0.1, -0.05) is 30.3 Å². The summed E-state index contributed by atoms with van der Waals surface area (Å²) in [6.45, 7) is 0. The van der Waals surface area contributed by atoms with Crippen LogP contribution in [-0.2, 0) is 26.6 Å². The van der Waals surface area contributed by atoms with Crippen molar-refractivity contribution >= 4 is 47.1 Å². The maximum Gasteiger partial charge on any atom is 0.337 e. The molecule has 0 radical (unpaired) electrons. The molecule has 4 rings (SSSR count). The van der Waals surface area contributed by atoms with Crippen molar-refractivity contribution in [3.8, 4) is 33.9 Å². The van der Waals surface area contributed by atoms with E-state index in [4.69, 9.17) is 33.1 Å². The van der Waals surface area contributed by atoms with E-state index in [0.29, 0.717) is 16.6 Å². The van der Waals surface area contributed by atoms with Crippen molar-refractivity contribution in [3.63, 3.8) is 0 Å². The lowest BCUT2D eigenvalue weighted by Crippen LogP contribution is -2.34. The number of fused-ring (bicyclic) bond motifs is 1. The normalized spacial score (nSPS) is 11.4. The van der Waals surface area contributed by atoms with Gasteiger partial charge in [-0.3, -0.25) is 0 Å². The number of hydrogen-bond acceptors (Lipinski definition) is 8. The van der Waals surface area contributed by atoms with Gasteiger partial charge in [0.25, 0.3) is 19.6 Å². The van der Waals surface area contributed by atoms with Gasteiger partial charge in [0.2, 0.25) is 11.2 Å². The van der Waals surface area contributed by atoms with Gasteiger partial charge in [-0.15, -0.1) is 3.89 Å². The molecule has 4 aromatic rings. The molecule has 0 bridgehead atoms. The predicted molar refractivity (Wildman–Crippen MR) is 140 cm³/mol. The molecule has 0 amide bonds. The second kappa shape index (κ2) is 11.5. The van der Waals surface area contributed by atoms with Crippen molar-refractivity contribution in [3.05, 3.63) is 72.3 Å². The minimum atomic E-state index is -5.42. The quantitative estimate of drug-likeness (QED) is 0.197. The first-order valence-electron chi connectivity index (χ1n) is 10.8. The van der Waals surface area contributed by atoms with E-state index in [-0.39, 0.29) is 33.1 Å². The first-order valence-corrected chi connectivity index (χ1v) is 14.4. The minimum Gasteiger partial charge on any atom is -0.722 e. The van der Waals surface area contributed by atoms with Crippen LogP contribution in [0.2, 0.25) is 0 Å². The summed E-state index contributed by atoms with van der Waals surface area (Å²) in [7, 11) is 0.602. The molecule has 39 heavy (non-hydrogen) atoms. The van der Waals surface area contributed by atoms with Crippen molar-refractivity contribution in [2.75, 3.05) is 14.2 Å².